The van der Waals surface area contributed by atoms with E-state index < -0.39 is 10.0 Å². The van der Waals surface area contributed by atoms with Gasteiger partial charge in [-0.15, -0.1) is 0 Å². The topological polar surface area (TPSA) is 79.4 Å². The molecule has 0 bridgehead atoms. The molecule has 150 valence electrons. The monoisotopic (exact) mass is 409 g/mol. The number of anilines is 1. The smallest absolute Gasteiger partial charge is 0.239 e. The minimum Gasteiger partial charge on any atom is -0.325 e. The van der Waals surface area contributed by atoms with E-state index in [-0.39, 0.29) is 19.0 Å². The average molecular weight is 410 g/mol. The van der Waals surface area contributed by atoms with Gasteiger partial charge in [0.15, 0.2) is 0 Å². The first-order valence-corrected chi connectivity index (χ1v) is 11.0. The third-order valence-corrected chi connectivity index (χ3v) is 5.58. The van der Waals surface area contributed by atoms with Crippen LogP contribution in [0.1, 0.15) is 16.7 Å². The van der Waals surface area contributed by atoms with Crippen LogP contribution in [0, 0.1) is 0 Å². The van der Waals surface area contributed by atoms with Gasteiger partial charge in [-0.05, 0) is 47.4 Å². The molecule has 0 spiro atoms. The van der Waals surface area contributed by atoms with Crippen LogP contribution in [0.25, 0.3) is 0 Å². The van der Waals surface area contributed by atoms with E-state index in [1.165, 1.54) is 0 Å². The summed E-state index contributed by atoms with van der Waals surface area (Å²) in [7, 11) is -3.52. The van der Waals surface area contributed by atoms with Crippen molar-refractivity contribution in [2.24, 2.45) is 0 Å². The molecular formula is C22H23N3O3S. The number of rotatable bonds is 8. The zero-order valence-electron chi connectivity index (χ0n) is 16.2. The number of nitrogens with one attached hydrogen (secondary N) is 1. The van der Waals surface area contributed by atoms with Gasteiger partial charge in [0.25, 0.3) is 0 Å². The lowest BCUT2D eigenvalue weighted by Crippen LogP contribution is -2.36. The Morgan fingerprint density at radius 3 is 2.14 bits per heavy atom. The lowest BCUT2D eigenvalue weighted by Gasteiger charge is -2.19. The van der Waals surface area contributed by atoms with Crippen molar-refractivity contribution in [3.63, 3.8) is 0 Å². The average Bonchev–Trinajstić information content (AvgIpc) is 2.70. The molecule has 7 heteroatoms. The third-order valence-electron chi connectivity index (χ3n) is 4.39. The molecule has 0 aliphatic carbocycles. The highest BCUT2D eigenvalue weighted by Crippen LogP contribution is 2.14. The van der Waals surface area contributed by atoms with E-state index in [2.05, 4.69) is 10.3 Å². The second kappa shape index (κ2) is 9.45. The maximum Gasteiger partial charge on any atom is 0.239 e. The predicted octanol–water partition coefficient (Wildman–Crippen LogP) is 3.07. The highest BCUT2D eigenvalue weighted by Gasteiger charge is 2.20. The summed E-state index contributed by atoms with van der Waals surface area (Å²) in [5, 5.41) is 2.77. The Morgan fingerprint density at radius 1 is 0.897 bits per heavy atom. The van der Waals surface area contributed by atoms with Gasteiger partial charge in [0.1, 0.15) is 0 Å². The summed E-state index contributed by atoms with van der Waals surface area (Å²) in [6, 6.07) is 20.6. The first-order chi connectivity index (χ1) is 13.9. The number of carbonyl (C=O) groups excluding carboxylic acids is 1. The van der Waals surface area contributed by atoms with Crippen molar-refractivity contribution in [3.8, 4) is 0 Å². The molecule has 2 aromatic carbocycles. The second-order valence-electron chi connectivity index (χ2n) is 6.79. The van der Waals surface area contributed by atoms with Crippen LogP contribution in [0.2, 0.25) is 0 Å². The fourth-order valence-corrected chi connectivity index (χ4v) is 3.62. The van der Waals surface area contributed by atoms with E-state index in [9.17, 15) is 13.2 Å². The summed E-state index contributed by atoms with van der Waals surface area (Å²) in [4.78, 5) is 16.4. The summed E-state index contributed by atoms with van der Waals surface area (Å²) in [6.07, 6.45) is 5.40. The molecule has 0 unspecified atom stereocenters. The lowest BCUT2D eigenvalue weighted by atomic mass is 10.1. The number of sulfonamides is 1. The third kappa shape index (κ3) is 6.51. The molecule has 1 heterocycles. The maximum atomic E-state index is 12.4. The molecular weight excluding hydrogens is 386 g/mol. The number of carbonyl (C=O) groups is 1. The van der Waals surface area contributed by atoms with Crippen LogP contribution in [0.4, 0.5) is 5.69 Å². The lowest BCUT2D eigenvalue weighted by molar-refractivity contribution is -0.116. The van der Waals surface area contributed by atoms with Crippen molar-refractivity contribution < 1.29 is 13.2 Å². The maximum absolute atomic E-state index is 12.4. The van der Waals surface area contributed by atoms with E-state index in [1.54, 1.807) is 12.4 Å². The van der Waals surface area contributed by atoms with Gasteiger partial charge >= 0.3 is 0 Å². The van der Waals surface area contributed by atoms with E-state index in [1.807, 2.05) is 66.7 Å². The SMILES string of the molecule is CS(=O)(=O)N(CC(=O)Nc1ccc(Cc2ccncc2)cc1)Cc1ccccc1. The molecule has 0 saturated carbocycles. The normalized spacial score (nSPS) is 11.4. The molecule has 3 aromatic rings. The fraction of sp³-hybridized carbons (Fsp3) is 0.182. The van der Waals surface area contributed by atoms with E-state index in [0.29, 0.717) is 5.69 Å². The Balaban J connectivity index is 1.61. The number of amides is 1. The largest absolute Gasteiger partial charge is 0.325 e. The highest BCUT2D eigenvalue weighted by atomic mass is 32.2. The molecule has 3 rings (SSSR count). The molecule has 0 aliphatic heterocycles. The minimum atomic E-state index is -3.52. The number of benzene rings is 2. The number of aromatic nitrogens is 1. The van der Waals surface area contributed by atoms with Crippen LogP contribution < -0.4 is 5.32 Å². The van der Waals surface area contributed by atoms with Gasteiger partial charge in [0.2, 0.25) is 15.9 Å². The van der Waals surface area contributed by atoms with Crippen molar-refractivity contribution in [2.45, 2.75) is 13.0 Å². The first kappa shape index (κ1) is 20.7. The molecule has 0 fully saturated rings. The Kier molecular flexibility index (Phi) is 6.74. The molecule has 0 aliphatic rings. The predicted molar refractivity (Wildman–Crippen MR) is 114 cm³/mol. The summed E-state index contributed by atoms with van der Waals surface area (Å²) >= 11 is 0. The molecule has 1 amide bonds. The van der Waals surface area contributed by atoms with Crippen LogP contribution in [0.5, 0.6) is 0 Å². The van der Waals surface area contributed by atoms with Gasteiger partial charge in [-0.25, -0.2) is 8.42 Å². The molecule has 1 N–H and O–H groups in total. The van der Waals surface area contributed by atoms with E-state index in [0.717, 1.165) is 33.7 Å². The molecule has 0 radical (unpaired) electrons. The van der Waals surface area contributed by atoms with Gasteiger partial charge in [-0.3, -0.25) is 9.78 Å². The summed E-state index contributed by atoms with van der Waals surface area (Å²) < 4.78 is 25.3. The Labute approximate surface area is 171 Å². The zero-order valence-corrected chi connectivity index (χ0v) is 17.0. The Morgan fingerprint density at radius 2 is 1.52 bits per heavy atom. The van der Waals surface area contributed by atoms with Crippen LogP contribution >= 0.6 is 0 Å². The quantitative estimate of drug-likeness (QED) is 0.620. The van der Waals surface area contributed by atoms with Crippen LogP contribution in [-0.2, 0) is 27.8 Å². The van der Waals surface area contributed by atoms with Gasteiger partial charge in [0, 0.05) is 24.6 Å². The van der Waals surface area contributed by atoms with Crippen molar-refractivity contribution in [3.05, 3.63) is 95.8 Å². The van der Waals surface area contributed by atoms with Crippen molar-refractivity contribution in [2.75, 3.05) is 18.1 Å². The van der Waals surface area contributed by atoms with E-state index >= 15 is 0 Å². The van der Waals surface area contributed by atoms with Gasteiger partial charge in [-0.2, -0.15) is 4.31 Å². The highest BCUT2D eigenvalue weighted by molar-refractivity contribution is 7.88. The van der Waals surface area contributed by atoms with Crippen molar-refractivity contribution in [1.29, 1.82) is 0 Å². The van der Waals surface area contributed by atoms with Crippen LogP contribution in [0.15, 0.2) is 79.1 Å². The second-order valence-corrected chi connectivity index (χ2v) is 8.78. The summed E-state index contributed by atoms with van der Waals surface area (Å²) in [5.41, 5.74) is 3.71. The van der Waals surface area contributed by atoms with Crippen LogP contribution in [-0.4, -0.2) is 36.4 Å². The summed E-state index contributed by atoms with van der Waals surface area (Å²) in [6.45, 7) is -0.0928. The fourth-order valence-electron chi connectivity index (χ4n) is 2.88. The van der Waals surface area contributed by atoms with Gasteiger partial charge < -0.3 is 5.32 Å². The standard InChI is InChI=1S/C22H23N3O3S/c1-29(27,28)25(16-20-5-3-2-4-6-20)17-22(26)24-21-9-7-18(8-10-21)15-19-11-13-23-14-12-19/h2-14H,15-17H2,1H3,(H,24,26). The van der Waals surface area contributed by atoms with Crippen molar-refractivity contribution >= 4 is 21.6 Å². The van der Waals surface area contributed by atoms with Crippen LogP contribution in [0.3, 0.4) is 0 Å². The first-order valence-electron chi connectivity index (χ1n) is 9.17. The summed E-state index contributed by atoms with van der Waals surface area (Å²) in [5.74, 6) is -0.381. The number of hydrogen-bond donors (Lipinski definition) is 1. The van der Waals surface area contributed by atoms with E-state index in [4.69, 9.17) is 0 Å². The Hall–Kier alpha value is -3.03. The molecule has 1 aromatic heterocycles. The molecule has 0 atom stereocenters. The van der Waals surface area contributed by atoms with Crippen molar-refractivity contribution in [1.82, 2.24) is 9.29 Å². The molecule has 0 saturated heterocycles. The number of pyridine rings is 1. The number of nitrogens with zero attached hydrogens (tertiary/aromatic N) is 2. The van der Waals surface area contributed by atoms with Gasteiger partial charge in [-0.1, -0.05) is 42.5 Å². The molecule has 29 heavy (non-hydrogen) atoms. The minimum absolute atomic E-state index is 0.151. The molecule has 6 nitrogen and oxygen atoms in total. The zero-order chi connectivity index (χ0) is 20.7. The Bertz CT molecular complexity index is 1040. The number of hydrogen-bond acceptors (Lipinski definition) is 4. The van der Waals surface area contributed by atoms with Gasteiger partial charge in [0.05, 0.1) is 12.8 Å².